The number of rotatable bonds is 8. The van der Waals surface area contributed by atoms with Crippen molar-refractivity contribution in [3.63, 3.8) is 0 Å². The maximum atomic E-state index is 12.2. The maximum Gasteiger partial charge on any atom is 0.243 e. The molecule has 0 radical (unpaired) electrons. The van der Waals surface area contributed by atoms with Gasteiger partial charge < -0.3 is 10.6 Å². The third-order valence-electron chi connectivity index (χ3n) is 4.68. The fourth-order valence-electron chi connectivity index (χ4n) is 3.29. The molecule has 2 amide bonds. The molecule has 0 aliphatic carbocycles. The molecule has 150 valence electrons. The van der Waals surface area contributed by atoms with E-state index in [1.54, 1.807) is 0 Å². The number of likely N-dealkylation sites (N-methyl/N-ethyl adjacent to an activating group) is 1. The second-order valence-corrected chi connectivity index (χ2v) is 7.44. The Kier molecular flexibility index (Phi) is 7.76. The van der Waals surface area contributed by atoms with E-state index >= 15 is 0 Å². The summed E-state index contributed by atoms with van der Waals surface area (Å²) in [4.78, 5) is 26.3. The van der Waals surface area contributed by atoms with E-state index in [1.807, 2.05) is 44.9 Å². The van der Waals surface area contributed by atoms with Crippen LogP contribution in [-0.2, 0) is 22.6 Å². The molecule has 28 heavy (non-hydrogen) atoms. The van der Waals surface area contributed by atoms with Crippen molar-refractivity contribution in [3.05, 3.63) is 64.2 Å². The number of aryl methyl sites for hydroxylation is 4. The number of benzene rings is 2. The Morgan fingerprint density at radius 3 is 2.07 bits per heavy atom. The minimum Gasteiger partial charge on any atom is -0.346 e. The van der Waals surface area contributed by atoms with Gasteiger partial charge >= 0.3 is 0 Å². The number of anilines is 1. The lowest BCUT2D eigenvalue weighted by Gasteiger charge is -2.17. The number of carbonyl (C=O) groups excluding carboxylic acids is 2. The molecule has 2 rings (SSSR count). The highest BCUT2D eigenvalue weighted by Gasteiger charge is 2.11. The van der Waals surface area contributed by atoms with E-state index in [2.05, 4.69) is 41.8 Å². The Hall–Kier alpha value is -2.66. The zero-order valence-corrected chi connectivity index (χ0v) is 17.6. The molecule has 0 aromatic heterocycles. The van der Waals surface area contributed by atoms with E-state index in [9.17, 15) is 9.59 Å². The smallest absolute Gasteiger partial charge is 0.243 e. The monoisotopic (exact) mass is 381 g/mol. The molecular weight excluding hydrogens is 350 g/mol. The molecule has 2 N–H and O–H groups in total. The van der Waals surface area contributed by atoms with Gasteiger partial charge in [-0.3, -0.25) is 14.5 Å². The van der Waals surface area contributed by atoms with Crippen LogP contribution >= 0.6 is 0 Å². The minimum absolute atomic E-state index is 0.0371. The lowest BCUT2D eigenvalue weighted by Crippen LogP contribution is -2.39. The Labute approximate surface area is 168 Å². The number of nitrogens with zero attached hydrogens (tertiary/aromatic N) is 1. The van der Waals surface area contributed by atoms with Crippen LogP contribution in [0.25, 0.3) is 0 Å². The van der Waals surface area contributed by atoms with Gasteiger partial charge in [0.05, 0.1) is 13.1 Å². The standard InChI is InChI=1S/C23H31N3O2/c1-6-19-7-9-20(10-8-19)14-26(5)15-22(28)24-13-21(27)25-23-17(3)11-16(2)12-18(23)4/h7-12H,6,13-15H2,1-5H3,(H,24,28)(H,25,27). The number of amides is 2. The highest BCUT2D eigenvalue weighted by Crippen LogP contribution is 2.21. The maximum absolute atomic E-state index is 12.2. The van der Waals surface area contributed by atoms with E-state index in [1.165, 1.54) is 5.56 Å². The van der Waals surface area contributed by atoms with E-state index in [0.29, 0.717) is 6.54 Å². The summed E-state index contributed by atoms with van der Waals surface area (Å²) in [5.74, 6) is -0.388. The average Bonchev–Trinajstić information content (AvgIpc) is 2.63. The largest absolute Gasteiger partial charge is 0.346 e. The molecule has 0 aliphatic rings. The van der Waals surface area contributed by atoms with Gasteiger partial charge in [-0.15, -0.1) is 0 Å². The third-order valence-corrected chi connectivity index (χ3v) is 4.68. The molecule has 0 aliphatic heterocycles. The van der Waals surface area contributed by atoms with Gasteiger partial charge in [-0.2, -0.15) is 0 Å². The summed E-state index contributed by atoms with van der Waals surface area (Å²) in [6.45, 7) is 8.98. The highest BCUT2D eigenvalue weighted by molar-refractivity contribution is 5.96. The van der Waals surface area contributed by atoms with Gasteiger partial charge in [0, 0.05) is 12.2 Å². The van der Waals surface area contributed by atoms with Crippen LogP contribution in [0.15, 0.2) is 36.4 Å². The Balaban J connectivity index is 1.79. The van der Waals surface area contributed by atoms with Crippen LogP contribution in [0.3, 0.4) is 0 Å². The quantitative estimate of drug-likeness (QED) is 0.737. The molecule has 2 aromatic carbocycles. The first-order valence-electron chi connectivity index (χ1n) is 9.69. The lowest BCUT2D eigenvalue weighted by molar-refractivity contribution is -0.124. The SMILES string of the molecule is CCc1ccc(CN(C)CC(=O)NCC(=O)Nc2c(C)cc(C)cc2C)cc1. The fourth-order valence-corrected chi connectivity index (χ4v) is 3.29. The Bertz CT molecular complexity index is 805. The van der Waals surface area contributed by atoms with Crippen molar-refractivity contribution in [2.45, 2.75) is 40.7 Å². The minimum atomic E-state index is -0.221. The molecule has 2 aromatic rings. The van der Waals surface area contributed by atoms with Crippen LogP contribution in [0.5, 0.6) is 0 Å². The number of hydrogen-bond acceptors (Lipinski definition) is 3. The molecule has 5 heteroatoms. The number of hydrogen-bond donors (Lipinski definition) is 2. The van der Waals surface area contributed by atoms with Gasteiger partial charge in [0.15, 0.2) is 0 Å². The zero-order valence-electron chi connectivity index (χ0n) is 17.6. The second kappa shape index (κ2) is 10.0. The Morgan fingerprint density at radius 2 is 1.50 bits per heavy atom. The molecule has 0 spiro atoms. The molecule has 0 saturated carbocycles. The van der Waals surface area contributed by atoms with Crippen molar-refractivity contribution < 1.29 is 9.59 Å². The summed E-state index contributed by atoms with van der Waals surface area (Å²) >= 11 is 0. The number of carbonyl (C=O) groups is 2. The topological polar surface area (TPSA) is 61.4 Å². The second-order valence-electron chi connectivity index (χ2n) is 7.44. The molecule has 0 unspecified atom stereocenters. The molecule has 0 saturated heterocycles. The van der Waals surface area contributed by atoms with Crippen molar-refractivity contribution in [2.24, 2.45) is 0 Å². The first-order valence-corrected chi connectivity index (χ1v) is 9.69. The van der Waals surface area contributed by atoms with E-state index < -0.39 is 0 Å². The molecule has 0 fully saturated rings. The first kappa shape index (κ1) is 21.6. The van der Waals surface area contributed by atoms with Gasteiger partial charge in [-0.25, -0.2) is 0 Å². The average molecular weight is 382 g/mol. The van der Waals surface area contributed by atoms with Crippen molar-refractivity contribution in [1.82, 2.24) is 10.2 Å². The van der Waals surface area contributed by atoms with Gasteiger partial charge in [0.25, 0.3) is 0 Å². The predicted molar refractivity (Wildman–Crippen MR) is 114 cm³/mol. The first-order chi connectivity index (χ1) is 13.3. The Morgan fingerprint density at radius 1 is 0.929 bits per heavy atom. The van der Waals surface area contributed by atoms with Crippen LogP contribution in [0, 0.1) is 20.8 Å². The molecule has 0 bridgehead atoms. The molecule has 0 heterocycles. The van der Waals surface area contributed by atoms with Crippen LogP contribution in [-0.4, -0.2) is 36.9 Å². The van der Waals surface area contributed by atoms with E-state index in [0.717, 1.165) is 34.4 Å². The van der Waals surface area contributed by atoms with Gasteiger partial charge in [0.1, 0.15) is 0 Å². The van der Waals surface area contributed by atoms with Gasteiger partial charge in [0.2, 0.25) is 11.8 Å². The van der Waals surface area contributed by atoms with Crippen LogP contribution in [0.2, 0.25) is 0 Å². The predicted octanol–water partition coefficient (Wildman–Crippen LogP) is 3.36. The normalized spacial score (nSPS) is 10.8. The van der Waals surface area contributed by atoms with Crippen molar-refractivity contribution in [2.75, 3.05) is 25.5 Å². The summed E-state index contributed by atoms with van der Waals surface area (Å²) in [5.41, 5.74) is 6.48. The summed E-state index contributed by atoms with van der Waals surface area (Å²) in [6.07, 6.45) is 1.02. The van der Waals surface area contributed by atoms with Crippen LogP contribution in [0.4, 0.5) is 5.69 Å². The highest BCUT2D eigenvalue weighted by atomic mass is 16.2. The molecular formula is C23H31N3O2. The summed E-state index contributed by atoms with van der Waals surface area (Å²) in [5, 5.41) is 5.59. The summed E-state index contributed by atoms with van der Waals surface area (Å²) < 4.78 is 0. The lowest BCUT2D eigenvalue weighted by atomic mass is 10.1. The zero-order chi connectivity index (χ0) is 20.7. The molecule has 5 nitrogen and oxygen atoms in total. The fraction of sp³-hybridized carbons (Fsp3) is 0.391. The van der Waals surface area contributed by atoms with Gasteiger partial charge in [-0.1, -0.05) is 48.9 Å². The van der Waals surface area contributed by atoms with Crippen molar-refractivity contribution in [3.8, 4) is 0 Å². The van der Waals surface area contributed by atoms with E-state index in [4.69, 9.17) is 0 Å². The van der Waals surface area contributed by atoms with Crippen molar-refractivity contribution in [1.29, 1.82) is 0 Å². The van der Waals surface area contributed by atoms with Crippen molar-refractivity contribution >= 4 is 17.5 Å². The summed E-state index contributed by atoms with van der Waals surface area (Å²) in [7, 11) is 1.90. The summed E-state index contributed by atoms with van der Waals surface area (Å²) in [6, 6.07) is 12.5. The molecule has 0 atom stereocenters. The number of nitrogens with one attached hydrogen (secondary N) is 2. The van der Waals surface area contributed by atoms with Crippen LogP contribution in [0.1, 0.15) is 34.7 Å². The van der Waals surface area contributed by atoms with Gasteiger partial charge in [-0.05, 0) is 56.5 Å². The third kappa shape index (κ3) is 6.50. The van der Waals surface area contributed by atoms with E-state index in [-0.39, 0.29) is 24.9 Å². The van der Waals surface area contributed by atoms with Crippen LogP contribution < -0.4 is 10.6 Å².